The quantitative estimate of drug-likeness (QED) is 0.640. The fraction of sp³-hybridized carbons (Fsp3) is 0.417. The van der Waals surface area contributed by atoms with Gasteiger partial charge in [-0.2, -0.15) is 0 Å². The Bertz CT molecular complexity index is 565. The number of hydrogen-bond donors (Lipinski definition) is 1. The minimum atomic E-state index is -0.538. The fourth-order valence-corrected chi connectivity index (χ4v) is 3.52. The van der Waals surface area contributed by atoms with Crippen molar-refractivity contribution in [2.45, 2.75) is 31.1 Å². The Morgan fingerprint density at radius 2 is 2.00 bits per heavy atom. The lowest BCUT2D eigenvalue weighted by Gasteiger charge is -2.20. The average Bonchev–Trinajstić information content (AvgIpc) is 2.89. The van der Waals surface area contributed by atoms with E-state index in [9.17, 15) is 14.9 Å². The van der Waals surface area contributed by atoms with E-state index in [1.807, 2.05) is 6.07 Å². The van der Waals surface area contributed by atoms with Crippen LogP contribution in [0.5, 0.6) is 0 Å². The summed E-state index contributed by atoms with van der Waals surface area (Å²) in [5, 5.41) is 13.8. The second-order valence-electron chi connectivity index (χ2n) is 4.85. The van der Waals surface area contributed by atoms with Gasteiger partial charge in [0.15, 0.2) is 0 Å². The van der Waals surface area contributed by atoms with E-state index in [1.165, 1.54) is 6.07 Å². The minimum absolute atomic E-state index is 0.0310. The molecule has 1 fully saturated rings. The van der Waals surface area contributed by atoms with Crippen molar-refractivity contribution >= 4 is 33.2 Å². The number of carbonyl (C=O) groups excluding carboxylic acids is 1. The van der Waals surface area contributed by atoms with Crippen LogP contribution in [0.15, 0.2) is 16.6 Å². The Balaban J connectivity index is 2.25. The number of amides is 1. The molecule has 1 aromatic rings. The zero-order valence-corrected chi connectivity index (χ0v) is 11.1. The normalized spacial score (nSPS) is 19.9. The number of benzene rings is 1. The van der Waals surface area contributed by atoms with E-state index in [4.69, 9.17) is 0 Å². The number of nitro benzene ring substituents is 1. The molecule has 0 radical (unpaired) electrons. The largest absolute Gasteiger partial charge is 0.319 e. The molecule has 0 saturated heterocycles. The van der Waals surface area contributed by atoms with Crippen LogP contribution in [0.2, 0.25) is 0 Å². The summed E-state index contributed by atoms with van der Waals surface area (Å²) in [5.74, 6) is -0.0869. The lowest BCUT2D eigenvalue weighted by atomic mass is 9.80. The molecule has 2 aliphatic rings. The van der Waals surface area contributed by atoms with Crippen molar-refractivity contribution in [1.82, 2.24) is 0 Å². The van der Waals surface area contributed by atoms with Crippen LogP contribution in [0, 0.1) is 10.1 Å². The fourth-order valence-electron chi connectivity index (χ4n) is 3.08. The van der Waals surface area contributed by atoms with Crippen molar-refractivity contribution in [1.29, 1.82) is 0 Å². The predicted molar refractivity (Wildman–Crippen MR) is 69.6 cm³/mol. The van der Waals surface area contributed by atoms with Gasteiger partial charge in [0.1, 0.15) is 5.69 Å². The molecule has 0 atom stereocenters. The van der Waals surface area contributed by atoms with Gasteiger partial charge in [-0.15, -0.1) is 0 Å². The van der Waals surface area contributed by atoms with E-state index < -0.39 is 10.3 Å². The van der Waals surface area contributed by atoms with Gasteiger partial charge in [-0.1, -0.05) is 28.8 Å². The van der Waals surface area contributed by atoms with Gasteiger partial charge in [0.05, 0.1) is 10.3 Å². The van der Waals surface area contributed by atoms with E-state index in [1.54, 1.807) is 0 Å². The zero-order valence-electron chi connectivity index (χ0n) is 9.53. The maximum atomic E-state index is 12.2. The molecule has 1 N–H and O–H groups in total. The zero-order chi connectivity index (χ0) is 12.9. The Hall–Kier alpha value is -1.43. The van der Waals surface area contributed by atoms with Gasteiger partial charge in [-0.05, 0) is 24.5 Å². The molecule has 94 valence electrons. The summed E-state index contributed by atoms with van der Waals surface area (Å²) >= 11 is 3.29. The van der Waals surface area contributed by atoms with Gasteiger partial charge in [0.2, 0.25) is 5.91 Å². The van der Waals surface area contributed by atoms with Crippen LogP contribution >= 0.6 is 15.9 Å². The number of carbonyl (C=O) groups is 1. The van der Waals surface area contributed by atoms with Crippen LogP contribution in [0.4, 0.5) is 11.4 Å². The number of hydrogen-bond acceptors (Lipinski definition) is 3. The highest BCUT2D eigenvalue weighted by Crippen LogP contribution is 2.52. The van der Waals surface area contributed by atoms with Crippen LogP contribution in [-0.4, -0.2) is 10.8 Å². The Morgan fingerprint density at radius 1 is 1.33 bits per heavy atom. The van der Waals surface area contributed by atoms with Crippen molar-refractivity contribution in [3.8, 4) is 0 Å². The number of fused-ring (bicyclic) bond motifs is 2. The Labute approximate surface area is 112 Å². The summed E-state index contributed by atoms with van der Waals surface area (Å²) in [6, 6.07) is 3.28. The Kier molecular flexibility index (Phi) is 2.45. The summed E-state index contributed by atoms with van der Waals surface area (Å²) in [6.45, 7) is 0. The number of anilines is 1. The molecular weight excluding hydrogens is 300 g/mol. The predicted octanol–water partition coefficient (Wildman–Crippen LogP) is 3.12. The van der Waals surface area contributed by atoms with Crippen molar-refractivity contribution in [2.75, 3.05) is 5.32 Å². The minimum Gasteiger partial charge on any atom is -0.319 e. The first-order valence-corrected chi connectivity index (χ1v) is 6.64. The molecule has 1 amide bonds. The number of rotatable bonds is 1. The van der Waals surface area contributed by atoms with Crippen molar-refractivity contribution in [2.24, 2.45) is 0 Å². The maximum Gasteiger partial charge on any atom is 0.294 e. The van der Waals surface area contributed by atoms with Gasteiger partial charge < -0.3 is 5.32 Å². The third-order valence-electron chi connectivity index (χ3n) is 3.92. The molecule has 18 heavy (non-hydrogen) atoms. The van der Waals surface area contributed by atoms with E-state index in [0.29, 0.717) is 10.2 Å². The summed E-state index contributed by atoms with van der Waals surface area (Å²) in [4.78, 5) is 22.8. The highest BCUT2D eigenvalue weighted by Gasteiger charge is 2.50. The number of nitro groups is 1. The first-order chi connectivity index (χ1) is 8.54. The molecule has 1 aliphatic heterocycles. The highest BCUT2D eigenvalue weighted by molar-refractivity contribution is 9.10. The molecule has 6 heteroatoms. The molecule has 0 bridgehead atoms. The molecule has 0 unspecified atom stereocenters. The number of halogens is 1. The smallest absolute Gasteiger partial charge is 0.294 e. The first kappa shape index (κ1) is 11.6. The molecule has 5 nitrogen and oxygen atoms in total. The molecule has 3 rings (SSSR count). The molecule has 1 aromatic carbocycles. The van der Waals surface area contributed by atoms with Gasteiger partial charge in [-0.3, -0.25) is 14.9 Å². The molecule has 1 saturated carbocycles. The Morgan fingerprint density at radius 3 is 2.61 bits per heavy atom. The molecule has 1 spiro atoms. The summed E-state index contributed by atoms with van der Waals surface area (Å²) in [6.07, 6.45) is 3.54. The molecule has 1 heterocycles. The average molecular weight is 311 g/mol. The number of nitrogens with zero attached hydrogens (tertiary/aromatic N) is 1. The van der Waals surface area contributed by atoms with Gasteiger partial charge >= 0.3 is 0 Å². The van der Waals surface area contributed by atoms with Gasteiger partial charge in [-0.25, -0.2) is 0 Å². The monoisotopic (exact) mass is 310 g/mol. The van der Waals surface area contributed by atoms with Gasteiger partial charge in [0.25, 0.3) is 5.69 Å². The van der Waals surface area contributed by atoms with E-state index in [2.05, 4.69) is 21.2 Å². The lowest BCUT2D eigenvalue weighted by Crippen LogP contribution is -2.30. The second kappa shape index (κ2) is 3.78. The van der Waals surface area contributed by atoms with Gasteiger partial charge in [0, 0.05) is 10.5 Å². The van der Waals surface area contributed by atoms with Crippen LogP contribution < -0.4 is 5.32 Å². The number of nitrogens with one attached hydrogen (secondary N) is 1. The maximum absolute atomic E-state index is 12.2. The van der Waals surface area contributed by atoms with Crippen molar-refractivity contribution < 1.29 is 9.72 Å². The first-order valence-electron chi connectivity index (χ1n) is 5.84. The standard InChI is InChI=1S/C12H11BrN2O3/c13-7-5-8-10(9(6-7)15(17)18)14-11(16)12(8)3-1-2-4-12/h5-6H,1-4H2,(H,14,16). The third kappa shape index (κ3) is 1.41. The molecule has 0 aromatic heterocycles. The van der Waals surface area contributed by atoms with Crippen LogP contribution in [-0.2, 0) is 10.2 Å². The van der Waals surface area contributed by atoms with Crippen LogP contribution in [0.1, 0.15) is 31.2 Å². The summed E-state index contributed by atoms with van der Waals surface area (Å²) < 4.78 is 0.649. The highest BCUT2D eigenvalue weighted by atomic mass is 79.9. The van der Waals surface area contributed by atoms with Crippen molar-refractivity contribution in [3.63, 3.8) is 0 Å². The van der Waals surface area contributed by atoms with Crippen LogP contribution in [0.25, 0.3) is 0 Å². The molecular formula is C12H11BrN2O3. The lowest BCUT2D eigenvalue weighted by molar-refractivity contribution is -0.384. The SMILES string of the molecule is O=C1Nc2c([N+](=O)[O-])cc(Br)cc2C12CCCC2. The molecule has 1 aliphatic carbocycles. The summed E-state index contributed by atoms with van der Waals surface area (Å²) in [5.41, 5.74) is 0.599. The van der Waals surface area contributed by atoms with Crippen molar-refractivity contribution in [3.05, 3.63) is 32.3 Å². The summed E-state index contributed by atoms with van der Waals surface area (Å²) in [7, 11) is 0. The van der Waals surface area contributed by atoms with E-state index >= 15 is 0 Å². The second-order valence-corrected chi connectivity index (χ2v) is 5.76. The third-order valence-corrected chi connectivity index (χ3v) is 4.38. The van der Waals surface area contributed by atoms with E-state index in [0.717, 1.165) is 31.2 Å². The van der Waals surface area contributed by atoms with E-state index in [-0.39, 0.29) is 11.6 Å². The van der Waals surface area contributed by atoms with Crippen LogP contribution in [0.3, 0.4) is 0 Å². The topological polar surface area (TPSA) is 72.2 Å².